The second-order valence-corrected chi connectivity index (χ2v) is 4.50. The normalized spacial score (nSPS) is 14.9. The maximum absolute atomic E-state index is 8.65. The van der Waals surface area contributed by atoms with Crippen LogP contribution >= 0.6 is 0 Å². The van der Waals surface area contributed by atoms with Crippen molar-refractivity contribution in [3.8, 4) is 11.8 Å². The van der Waals surface area contributed by atoms with Gasteiger partial charge in [0.15, 0.2) is 0 Å². The van der Waals surface area contributed by atoms with Crippen molar-refractivity contribution >= 4 is 11.5 Å². The van der Waals surface area contributed by atoms with Gasteiger partial charge in [0.1, 0.15) is 25.3 Å². The molecule has 2 rings (SSSR count). The Labute approximate surface area is 113 Å². The standard InChI is InChI=1S/C14H18N4O/c1-19-13-4-2-12(3-5-13)17-8-10-18(11-9-17)14(16)6-7-15/h2-5,16H,6,8-11H2,1H3/p+1. The molecule has 1 saturated heterocycles. The number of piperazine rings is 1. The minimum absolute atomic E-state index is 0.308. The summed E-state index contributed by atoms with van der Waals surface area (Å²) in [6.45, 7) is 3.55. The van der Waals surface area contributed by atoms with Crippen LogP contribution in [0, 0.1) is 11.3 Å². The molecule has 1 heterocycles. The van der Waals surface area contributed by atoms with E-state index in [0.717, 1.165) is 31.9 Å². The van der Waals surface area contributed by atoms with Crippen molar-refractivity contribution in [2.24, 2.45) is 5.73 Å². The van der Waals surface area contributed by atoms with Gasteiger partial charge in [-0.2, -0.15) is 5.26 Å². The summed E-state index contributed by atoms with van der Waals surface area (Å²) in [7, 11) is 1.67. The summed E-state index contributed by atoms with van der Waals surface area (Å²) in [6.07, 6.45) is 0.308. The van der Waals surface area contributed by atoms with E-state index in [4.69, 9.17) is 15.7 Å². The third-order valence-electron chi connectivity index (χ3n) is 3.38. The van der Waals surface area contributed by atoms with E-state index in [1.165, 1.54) is 5.69 Å². The fourth-order valence-electron chi connectivity index (χ4n) is 2.24. The summed E-state index contributed by atoms with van der Waals surface area (Å²) in [5, 5.41) is 8.65. The highest BCUT2D eigenvalue weighted by molar-refractivity contribution is 5.77. The zero-order valence-electron chi connectivity index (χ0n) is 11.2. The second kappa shape index (κ2) is 6.10. The van der Waals surface area contributed by atoms with E-state index >= 15 is 0 Å². The highest BCUT2D eigenvalue weighted by Gasteiger charge is 2.18. The smallest absolute Gasteiger partial charge is 0.257 e. The van der Waals surface area contributed by atoms with Crippen molar-refractivity contribution in [3.05, 3.63) is 24.3 Å². The van der Waals surface area contributed by atoms with E-state index in [9.17, 15) is 0 Å². The van der Waals surface area contributed by atoms with Crippen LogP contribution in [0.1, 0.15) is 6.42 Å². The van der Waals surface area contributed by atoms with E-state index in [-0.39, 0.29) is 0 Å². The summed E-state index contributed by atoms with van der Waals surface area (Å²) >= 11 is 0. The van der Waals surface area contributed by atoms with Crippen LogP contribution in [0.15, 0.2) is 24.3 Å². The second-order valence-electron chi connectivity index (χ2n) is 4.50. The lowest BCUT2D eigenvalue weighted by Gasteiger charge is -2.29. The summed E-state index contributed by atoms with van der Waals surface area (Å²) in [4.78, 5) is 2.32. The summed E-state index contributed by atoms with van der Waals surface area (Å²) in [6, 6.07) is 10.2. The fourth-order valence-corrected chi connectivity index (χ4v) is 2.24. The summed E-state index contributed by atoms with van der Waals surface area (Å²) in [5.41, 5.74) is 7.06. The molecule has 0 spiro atoms. The Hall–Kier alpha value is -2.22. The van der Waals surface area contributed by atoms with Gasteiger partial charge in [0.2, 0.25) is 0 Å². The molecule has 1 aliphatic rings. The zero-order chi connectivity index (χ0) is 13.7. The molecule has 5 nitrogen and oxygen atoms in total. The Morgan fingerprint density at radius 2 is 2.00 bits per heavy atom. The number of ether oxygens (including phenoxy) is 1. The van der Waals surface area contributed by atoms with Gasteiger partial charge in [0.05, 0.1) is 26.3 Å². The largest absolute Gasteiger partial charge is 0.497 e. The van der Waals surface area contributed by atoms with Crippen LogP contribution in [-0.2, 0) is 0 Å². The van der Waals surface area contributed by atoms with Gasteiger partial charge >= 0.3 is 0 Å². The van der Waals surface area contributed by atoms with Crippen molar-refractivity contribution in [1.82, 2.24) is 0 Å². The minimum atomic E-state index is 0.308. The molecule has 2 N–H and O–H groups in total. The molecule has 100 valence electrons. The number of nitrogens with zero attached hydrogens (tertiary/aromatic N) is 3. The van der Waals surface area contributed by atoms with Gasteiger partial charge in [-0.1, -0.05) is 0 Å². The van der Waals surface area contributed by atoms with E-state index in [2.05, 4.69) is 27.7 Å². The van der Waals surface area contributed by atoms with Crippen LogP contribution in [0.5, 0.6) is 5.75 Å². The molecule has 0 saturated carbocycles. The van der Waals surface area contributed by atoms with Crippen LogP contribution in [0.25, 0.3) is 0 Å². The average Bonchev–Trinajstić information content (AvgIpc) is 2.48. The Kier molecular flexibility index (Phi) is 4.24. The lowest BCUT2D eigenvalue weighted by atomic mass is 10.2. The van der Waals surface area contributed by atoms with Crippen LogP contribution in [0.3, 0.4) is 0 Å². The Morgan fingerprint density at radius 3 is 2.53 bits per heavy atom. The molecule has 0 unspecified atom stereocenters. The molecule has 1 aliphatic heterocycles. The van der Waals surface area contributed by atoms with Crippen molar-refractivity contribution in [1.29, 1.82) is 5.26 Å². The third-order valence-corrected chi connectivity index (χ3v) is 3.38. The van der Waals surface area contributed by atoms with Gasteiger partial charge in [-0.3, -0.25) is 10.3 Å². The molecule has 0 radical (unpaired) electrons. The molecule has 5 heteroatoms. The average molecular weight is 259 g/mol. The fraction of sp³-hybridized carbons (Fsp3) is 0.429. The lowest BCUT2D eigenvalue weighted by Crippen LogP contribution is -2.45. The van der Waals surface area contributed by atoms with Gasteiger partial charge < -0.3 is 9.64 Å². The van der Waals surface area contributed by atoms with Gasteiger partial charge in [0, 0.05) is 5.69 Å². The first-order valence-corrected chi connectivity index (χ1v) is 6.37. The molecule has 0 aliphatic carbocycles. The first kappa shape index (κ1) is 13.2. The maximum Gasteiger partial charge on any atom is 0.257 e. The van der Waals surface area contributed by atoms with Crippen LogP contribution < -0.4 is 15.4 Å². The Morgan fingerprint density at radius 1 is 1.37 bits per heavy atom. The maximum atomic E-state index is 8.65. The molecular weight excluding hydrogens is 240 g/mol. The molecule has 0 atom stereocenters. The number of nitrogens with two attached hydrogens (primary N) is 1. The molecule has 0 bridgehead atoms. The van der Waals surface area contributed by atoms with E-state index in [1.54, 1.807) is 7.11 Å². The lowest BCUT2D eigenvalue weighted by molar-refractivity contribution is -0.531. The quantitative estimate of drug-likeness (QED) is 0.644. The summed E-state index contributed by atoms with van der Waals surface area (Å²) < 4.78 is 7.24. The molecular formula is C14H19N4O+. The van der Waals surface area contributed by atoms with E-state index in [0.29, 0.717) is 12.3 Å². The number of nitriles is 1. The monoisotopic (exact) mass is 259 g/mol. The van der Waals surface area contributed by atoms with Gasteiger partial charge in [-0.05, 0) is 24.3 Å². The number of methoxy groups -OCH3 is 1. The predicted octanol–water partition coefficient (Wildman–Crippen LogP) is 0.799. The van der Waals surface area contributed by atoms with Crippen molar-refractivity contribution in [3.63, 3.8) is 0 Å². The zero-order valence-corrected chi connectivity index (χ0v) is 11.2. The highest BCUT2D eigenvalue weighted by atomic mass is 16.5. The van der Waals surface area contributed by atoms with Gasteiger partial charge in [-0.15, -0.1) is 0 Å². The van der Waals surface area contributed by atoms with Crippen LogP contribution in [0.4, 0.5) is 5.69 Å². The Balaban J connectivity index is 1.99. The van der Waals surface area contributed by atoms with Crippen molar-refractivity contribution in [2.75, 3.05) is 38.2 Å². The number of benzene rings is 1. The minimum Gasteiger partial charge on any atom is -0.497 e. The van der Waals surface area contributed by atoms with Crippen molar-refractivity contribution < 1.29 is 9.31 Å². The van der Waals surface area contributed by atoms with E-state index < -0.39 is 0 Å². The Bertz CT molecular complexity index is 491. The molecule has 1 aromatic rings. The molecule has 0 amide bonds. The molecule has 19 heavy (non-hydrogen) atoms. The van der Waals surface area contributed by atoms with Crippen molar-refractivity contribution in [2.45, 2.75) is 6.42 Å². The summed E-state index contributed by atoms with van der Waals surface area (Å²) in [5.74, 6) is 1.55. The number of hydrogen-bond donors (Lipinski definition) is 1. The third kappa shape index (κ3) is 3.16. The highest BCUT2D eigenvalue weighted by Crippen LogP contribution is 2.19. The first-order chi connectivity index (χ1) is 9.24. The van der Waals surface area contributed by atoms with Gasteiger partial charge in [0.25, 0.3) is 5.84 Å². The molecule has 1 fully saturated rings. The van der Waals surface area contributed by atoms with E-state index in [1.807, 2.05) is 12.1 Å². The van der Waals surface area contributed by atoms with Crippen LogP contribution in [-0.4, -0.2) is 43.7 Å². The number of amidine groups is 1. The van der Waals surface area contributed by atoms with Gasteiger partial charge in [-0.25, -0.2) is 0 Å². The number of rotatable bonds is 3. The predicted molar refractivity (Wildman–Crippen MR) is 74.6 cm³/mol. The SMILES string of the molecule is COc1ccc(N2CC[N+](=C(N)CC#N)CC2)cc1. The first-order valence-electron chi connectivity index (χ1n) is 6.37. The molecule has 0 aromatic heterocycles. The number of anilines is 1. The molecule has 1 aromatic carbocycles. The number of hydrogen-bond acceptors (Lipinski definition) is 3. The topological polar surface area (TPSA) is 65.3 Å². The van der Waals surface area contributed by atoms with Crippen LogP contribution in [0.2, 0.25) is 0 Å².